The molecule has 3 unspecified atom stereocenters. The molecule has 1 fully saturated rings. The summed E-state index contributed by atoms with van der Waals surface area (Å²) in [5.41, 5.74) is 4.46. The number of carboxylic acid groups (broad SMARTS) is 1. The van der Waals surface area contributed by atoms with E-state index in [0.717, 1.165) is 22.3 Å². The van der Waals surface area contributed by atoms with Crippen molar-refractivity contribution in [3.05, 3.63) is 59.7 Å². The van der Waals surface area contributed by atoms with Crippen LogP contribution in [0, 0.1) is 5.92 Å². The molecule has 0 aromatic heterocycles. The number of benzene rings is 2. The predicted octanol–water partition coefficient (Wildman–Crippen LogP) is 3.25. The second-order valence-corrected chi connectivity index (χ2v) is 8.72. The number of rotatable bonds is 8. The number of hydrogen-bond acceptors (Lipinski definition) is 5. The highest BCUT2D eigenvalue weighted by Gasteiger charge is 2.42. The molecule has 180 valence electrons. The number of carbonyl (C=O) groups excluding carboxylic acids is 2. The lowest BCUT2D eigenvalue weighted by molar-refractivity contribution is -0.144. The Balaban J connectivity index is 1.42. The molecule has 1 heterocycles. The third kappa shape index (κ3) is 4.50. The van der Waals surface area contributed by atoms with Gasteiger partial charge in [0.1, 0.15) is 12.6 Å². The summed E-state index contributed by atoms with van der Waals surface area (Å²) < 4.78 is 10.7. The van der Waals surface area contributed by atoms with Crippen molar-refractivity contribution in [1.29, 1.82) is 0 Å². The summed E-state index contributed by atoms with van der Waals surface area (Å²) in [6.07, 6.45) is 0.205. The van der Waals surface area contributed by atoms with Gasteiger partial charge in [-0.2, -0.15) is 0 Å². The first-order valence-corrected chi connectivity index (χ1v) is 11.6. The van der Waals surface area contributed by atoms with E-state index >= 15 is 0 Å². The largest absolute Gasteiger partial charge is 0.481 e. The highest BCUT2D eigenvalue weighted by Crippen LogP contribution is 2.44. The van der Waals surface area contributed by atoms with E-state index in [9.17, 15) is 19.5 Å². The zero-order valence-corrected chi connectivity index (χ0v) is 19.4. The van der Waals surface area contributed by atoms with Crippen LogP contribution in [-0.4, -0.2) is 66.9 Å². The molecule has 4 rings (SSSR count). The van der Waals surface area contributed by atoms with E-state index < -0.39 is 30.1 Å². The smallest absolute Gasteiger partial charge is 0.407 e. The zero-order chi connectivity index (χ0) is 24.2. The van der Waals surface area contributed by atoms with E-state index in [0.29, 0.717) is 19.4 Å². The van der Waals surface area contributed by atoms with Crippen LogP contribution in [0.1, 0.15) is 36.8 Å². The quantitative estimate of drug-likeness (QED) is 0.619. The van der Waals surface area contributed by atoms with E-state index in [-0.39, 0.29) is 25.0 Å². The van der Waals surface area contributed by atoms with Crippen molar-refractivity contribution >= 4 is 18.0 Å². The van der Waals surface area contributed by atoms with Crippen molar-refractivity contribution in [1.82, 2.24) is 10.2 Å². The van der Waals surface area contributed by atoms with Gasteiger partial charge in [0.05, 0.1) is 12.5 Å². The van der Waals surface area contributed by atoms with Crippen molar-refractivity contribution in [3.8, 4) is 11.1 Å². The summed E-state index contributed by atoms with van der Waals surface area (Å²) in [7, 11) is 1.45. The Morgan fingerprint density at radius 1 is 1.09 bits per heavy atom. The number of amides is 2. The molecule has 1 aliphatic carbocycles. The number of carbonyl (C=O) groups is 3. The number of methoxy groups -OCH3 is 1. The number of likely N-dealkylation sites (tertiary alicyclic amines) is 1. The summed E-state index contributed by atoms with van der Waals surface area (Å²) >= 11 is 0. The molecule has 2 aromatic carbocycles. The van der Waals surface area contributed by atoms with Gasteiger partial charge in [-0.1, -0.05) is 55.5 Å². The van der Waals surface area contributed by atoms with Crippen molar-refractivity contribution < 1.29 is 29.0 Å². The summed E-state index contributed by atoms with van der Waals surface area (Å²) in [5, 5.41) is 12.1. The number of fused-ring (bicyclic) bond motifs is 3. The van der Waals surface area contributed by atoms with Gasteiger partial charge in [-0.3, -0.25) is 9.59 Å². The molecule has 2 amide bonds. The second-order valence-electron chi connectivity index (χ2n) is 8.72. The van der Waals surface area contributed by atoms with Gasteiger partial charge in [0.2, 0.25) is 5.91 Å². The van der Waals surface area contributed by atoms with Gasteiger partial charge in [0, 0.05) is 25.6 Å². The maximum atomic E-state index is 13.2. The van der Waals surface area contributed by atoms with Gasteiger partial charge in [-0.15, -0.1) is 0 Å². The number of ether oxygens (including phenoxy) is 2. The van der Waals surface area contributed by atoms with Gasteiger partial charge < -0.3 is 24.8 Å². The molecular formula is C26H30N2O6. The topological polar surface area (TPSA) is 105 Å². The number of nitrogens with one attached hydrogen (secondary N) is 1. The van der Waals surface area contributed by atoms with Crippen molar-refractivity contribution in [2.24, 2.45) is 5.92 Å². The average Bonchev–Trinajstić information content (AvgIpc) is 3.41. The summed E-state index contributed by atoms with van der Waals surface area (Å²) in [5.74, 6) is -1.96. The van der Waals surface area contributed by atoms with Crippen molar-refractivity contribution in [2.45, 2.75) is 37.8 Å². The van der Waals surface area contributed by atoms with Gasteiger partial charge in [0.15, 0.2) is 0 Å². The lowest BCUT2D eigenvalue weighted by atomic mass is 9.98. The molecule has 8 nitrogen and oxygen atoms in total. The van der Waals surface area contributed by atoms with Gasteiger partial charge in [-0.25, -0.2) is 4.79 Å². The minimum Gasteiger partial charge on any atom is -0.481 e. The predicted molar refractivity (Wildman–Crippen MR) is 125 cm³/mol. The zero-order valence-electron chi connectivity index (χ0n) is 19.4. The minimum atomic E-state index is -0.956. The number of hydrogen-bond donors (Lipinski definition) is 2. The van der Waals surface area contributed by atoms with E-state index in [1.54, 1.807) is 4.90 Å². The molecule has 0 saturated carbocycles. The van der Waals surface area contributed by atoms with E-state index in [4.69, 9.17) is 9.47 Å². The van der Waals surface area contributed by atoms with Crippen molar-refractivity contribution in [3.63, 3.8) is 0 Å². The average molecular weight is 467 g/mol. The number of carboxylic acids is 1. The number of nitrogens with zero attached hydrogens (tertiary/aromatic N) is 1. The Labute approximate surface area is 198 Å². The fraction of sp³-hybridized carbons (Fsp3) is 0.423. The molecule has 34 heavy (non-hydrogen) atoms. The lowest BCUT2D eigenvalue weighted by Gasteiger charge is -2.29. The highest BCUT2D eigenvalue weighted by atomic mass is 16.5. The molecule has 0 spiro atoms. The number of aliphatic carboxylic acids is 1. The third-order valence-electron chi connectivity index (χ3n) is 6.83. The Morgan fingerprint density at radius 3 is 2.26 bits per heavy atom. The molecular weight excluding hydrogens is 436 g/mol. The third-order valence-corrected chi connectivity index (χ3v) is 6.83. The monoisotopic (exact) mass is 466 g/mol. The molecule has 8 heteroatoms. The first-order chi connectivity index (χ1) is 16.5. The van der Waals surface area contributed by atoms with Crippen LogP contribution in [-0.2, 0) is 19.1 Å². The van der Waals surface area contributed by atoms with E-state index in [1.165, 1.54) is 7.11 Å². The van der Waals surface area contributed by atoms with Crippen LogP contribution < -0.4 is 5.32 Å². The van der Waals surface area contributed by atoms with Crippen LogP contribution >= 0.6 is 0 Å². The molecule has 3 atom stereocenters. The van der Waals surface area contributed by atoms with Crippen molar-refractivity contribution in [2.75, 3.05) is 26.9 Å². The SMILES string of the molecule is CCC1C(C(=O)O)CCN1C(=O)C(COC)NC(=O)OCC1c2ccccc2-c2ccccc21. The molecule has 0 radical (unpaired) electrons. The second kappa shape index (κ2) is 10.3. The lowest BCUT2D eigenvalue weighted by Crippen LogP contribution is -2.53. The molecule has 2 aromatic rings. The first-order valence-electron chi connectivity index (χ1n) is 11.6. The highest BCUT2D eigenvalue weighted by molar-refractivity contribution is 5.87. The van der Waals surface area contributed by atoms with E-state index in [2.05, 4.69) is 17.4 Å². The Hall–Kier alpha value is -3.39. The molecule has 2 N–H and O–H groups in total. The van der Waals surface area contributed by atoms with Crippen LogP contribution in [0.25, 0.3) is 11.1 Å². The van der Waals surface area contributed by atoms with Gasteiger partial charge in [0.25, 0.3) is 0 Å². The Kier molecular flexibility index (Phi) is 7.17. The standard InChI is InChI=1S/C26H30N2O6/c1-3-23-20(25(30)31)12-13-28(23)24(29)22(15-33-2)27-26(32)34-14-21-18-10-6-4-8-16(18)17-9-5-7-11-19(17)21/h4-11,20-23H,3,12-15H2,1-2H3,(H,27,32)(H,30,31). The fourth-order valence-corrected chi connectivity index (χ4v) is 5.24. The number of alkyl carbamates (subject to hydrolysis) is 1. The van der Waals surface area contributed by atoms with Crippen LogP contribution in [0.5, 0.6) is 0 Å². The maximum Gasteiger partial charge on any atom is 0.407 e. The van der Waals surface area contributed by atoms with Crippen LogP contribution in [0.15, 0.2) is 48.5 Å². The Morgan fingerprint density at radius 2 is 1.71 bits per heavy atom. The molecule has 1 saturated heterocycles. The van der Waals surface area contributed by atoms with Crippen LogP contribution in [0.2, 0.25) is 0 Å². The first kappa shape index (κ1) is 23.8. The minimum absolute atomic E-state index is 0.0340. The van der Waals surface area contributed by atoms with Gasteiger partial charge >= 0.3 is 12.1 Å². The van der Waals surface area contributed by atoms with Crippen LogP contribution in [0.4, 0.5) is 4.79 Å². The summed E-state index contributed by atoms with van der Waals surface area (Å²) in [4.78, 5) is 39.0. The Bertz CT molecular complexity index is 1030. The summed E-state index contributed by atoms with van der Waals surface area (Å²) in [6.45, 7) is 2.29. The van der Waals surface area contributed by atoms with Gasteiger partial charge in [-0.05, 0) is 35.1 Å². The molecule has 2 aliphatic rings. The maximum absolute atomic E-state index is 13.2. The van der Waals surface area contributed by atoms with Crippen LogP contribution in [0.3, 0.4) is 0 Å². The molecule has 0 bridgehead atoms. The summed E-state index contributed by atoms with van der Waals surface area (Å²) in [6, 6.07) is 14.7. The molecule has 1 aliphatic heterocycles. The normalized spacial score (nSPS) is 19.9. The van der Waals surface area contributed by atoms with E-state index in [1.807, 2.05) is 43.3 Å². The fourth-order valence-electron chi connectivity index (χ4n) is 5.24.